The van der Waals surface area contributed by atoms with Crippen LogP contribution in [0.5, 0.6) is 5.88 Å². The minimum atomic E-state index is -0.561. The summed E-state index contributed by atoms with van der Waals surface area (Å²) < 4.78 is 20.9. The van der Waals surface area contributed by atoms with Gasteiger partial charge in [0.25, 0.3) is 11.5 Å². The van der Waals surface area contributed by atoms with Gasteiger partial charge in [-0.15, -0.1) is 0 Å². The SMILES string of the molecule is CCOc1cc(CNC(=O)c2cc3c(=O)n(Cc4ccc(F)cc4)c(=O)n(C)c3cn2)ccn1. The minimum absolute atomic E-state index is 0.0320. The van der Waals surface area contributed by atoms with Crippen LogP contribution >= 0.6 is 0 Å². The lowest BCUT2D eigenvalue weighted by atomic mass is 10.2. The van der Waals surface area contributed by atoms with Crippen molar-refractivity contribution in [2.24, 2.45) is 7.05 Å². The van der Waals surface area contributed by atoms with Crippen molar-refractivity contribution in [3.63, 3.8) is 0 Å². The summed E-state index contributed by atoms with van der Waals surface area (Å²) in [6.45, 7) is 2.51. The number of carbonyl (C=O) groups is 1. The second-order valence-corrected chi connectivity index (χ2v) is 7.56. The lowest BCUT2D eigenvalue weighted by Crippen LogP contribution is -2.39. The summed E-state index contributed by atoms with van der Waals surface area (Å²) in [7, 11) is 1.52. The number of rotatable bonds is 7. The van der Waals surface area contributed by atoms with Gasteiger partial charge in [-0.1, -0.05) is 12.1 Å². The summed E-state index contributed by atoms with van der Waals surface area (Å²) in [5.41, 5.74) is 0.624. The second-order valence-electron chi connectivity index (χ2n) is 7.56. The van der Waals surface area contributed by atoms with Gasteiger partial charge in [0.15, 0.2) is 0 Å². The molecule has 0 spiro atoms. The monoisotopic (exact) mass is 463 g/mol. The van der Waals surface area contributed by atoms with Crippen molar-refractivity contribution in [3.8, 4) is 5.88 Å². The zero-order valence-corrected chi connectivity index (χ0v) is 18.6. The molecule has 1 amide bonds. The molecule has 34 heavy (non-hydrogen) atoms. The van der Waals surface area contributed by atoms with Gasteiger partial charge >= 0.3 is 5.69 Å². The molecule has 9 nitrogen and oxygen atoms in total. The summed E-state index contributed by atoms with van der Waals surface area (Å²) in [5.74, 6) is -0.430. The van der Waals surface area contributed by atoms with Crippen LogP contribution < -0.4 is 21.3 Å². The predicted octanol–water partition coefficient (Wildman–Crippen LogP) is 2.01. The first-order valence-corrected chi connectivity index (χ1v) is 10.6. The lowest BCUT2D eigenvalue weighted by molar-refractivity contribution is 0.0946. The molecular formula is C24H22FN5O4. The van der Waals surface area contributed by atoms with E-state index < -0.39 is 23.0 Å². The summed E-state index contributed by atoms with van der Waals surface area (Å²) in [5, 5.41) is 2.93. The highest BCUT2D eigenvalue weighted by Gasteiger charge is 2.15. The number of carbonyl (C=O) groups excluding carboxylic acids is 1. The number of halogens is 1. The first kappa shape index (κ1) is 22.8. The van der Waals surface area contributed by atoms with E-state index in [4.69, 9.17) is 4.74 Å². The van der Waals surface area contributed by atoms with Gasteiger partial charge in [0.2, 0.25) is 5.88 Å². The van der Waals surface area contributed by atoms with Crippen LogP contribution in [0.4, 0.5) is 4.39 Å². The summed E-state index contributed by atoms with van der Waals surface area (Å²) >= 11 is 0. The molecule has 0 aliphatic carbocycles. The van der Waals surface area contributed by atoms with Crippen molar-refractivity contribution in [2.45, 2.75) is 20.0 Å². The predicted molar refractivity (Wildman–Crippen MR) is 123 cm³/mol. The molecule has 174 valence electrons. The topological polar surface area (TPSA) is 108 Å². The number of nitrogens with one attached hydrogen (secondary N) is 1. The standard InChI is InChI=1S/C24H22FN5O4/c1-3-34-21-10-16(8-9-26-21)12-28-22(31)19-11-18-20(13-27-19)29(2)24(33)30(23(18)32)14-15-4-6-17(25)7-5-15/h4-11,13H,3,12,14H2,1-2H3,(H,28,31). The van der Waals surface area contributed by atoms with E-state index in [0.29, 0.717) is 23.6 Å². The first-order valence-electron chi connectivity index (χ1n) is 10.6. The fourth-order valence-corrected chi connectivity index (χ4v) is 3.50. The molecule has 0 unspecified atom stereocenters. The quantitative estimate of drug-likeness (QED) is 0.449. The minimum Gasteiger partial charge on any atom is -0.478 e. The molecular weight excluding hydrogens is 441 g/mol. The van der Waals surface area contributed by atoms with E-state index in [-0.39, 0.29) is 24.2 Å². The van der Waals surface area contributed by atoms with Crippen LogP contribution in [0.15, 0.2) is 64.4 Å². The first-order chi connectivity index (χ1) is 16.4. The second kappa shape index (κ2) is 9.65. The van der Waals surface area contributed by atoms with Gasteiger partial charge in [-0.2, -0.15) is 0 Å². The average molecular weight is 463 g/mol. The lowest BCUT2D eigenvalue weighted by Gasteiger charge is -2.12. The van der Waals surface area contributed by atoms with Crippen molar-refractivity contribution in [1.82, 2.24) is 24.4 Å². The number of amides is 1. The Labute approximate surface area is 193 Å². The van der Waals surface area contributed by atoms with Crippen molar-refractivity contribution in [3.05, 3.63) is 98.3 Å². The molecule has 0 radical (unpaired) electrons. The Morgan fingerprint density at radius 1 is 1.09 bits per heavy atom. The summed E-state index contributed by atoms with van der Waals surface area (Å²) in [4.78, 5) is 46.8. The molecule has 0 saturated heterocycles. The smallest absolute Gasteiger partial charge is 0.331 e. The highest BCUT2D eigenvalue weighted by molar-refractivity contribution is 5.95. The van der Waals surface area contributed by atoms with Gasteiger partial charge in [-0.3, -0.25) is 18.7 Å². The van der Waals surface area contributed by atoms with Crippen LogP contribution in [-0.4, -0.2) is 31.6 Å². The fraction of sp³-hybridized carbons (Fsp3) is 0.208. The van der Waals surface area contributed by atoms with E-state index in [9.17, 15) is 18.8 Å². The zero-order valence-electron chi connectivity index (χ0n) is 18.6. The molecule has 0 fully saturated rings. The third kappa shape index (κ3) is 4.70. The van der Waals surface area contributed by atoms with Crippen LogP contribution in [0.3, 0.4) is 0 Å². The van der Waals surface area contributed by atoms with Gasteiger partial charge in [0.05, 0.1) is 30.3 Å². The molecule has 0 atom stereocenters. The molecule has 0 aliphatic rings. The molecule has 4 aromatic rings. The summed E-state index contributed by atoms with van der Waals surface area (Å²) in [6.07, 6.45) is 2.92. The van der Waals surface area contributed by atoms with Crippen molar-refractivity contribution < 1.29 is 13.9 Å². The highest BCUT2D eigenvalue weighted by Crippen LogP contribution is 2.11. The summed E-state index contributed by atoms with van der Waals surface area (Å²) in [6, 6.07) is 10.4. The number of fused-ring (bicyclic) bond motifs is 1. The van der Waals surface area contributed by atoms with Crippen LogP contribution in [0.25, 0.3) is 10.9 Å². The van der Waals surface area contributed by atoms with Crippen LogP contribution in [0.1, 0.15) is 28.5 Å². The molecule has 4 rings (SSSR count). The Morgan fingerprint density at radius 3 is 2.59 bits per heavy atom. The molecule has 1 N–H and O–H groups in total. The van der Waals surface area contributed by atoms with E-state index >= 15 is 0 Å². The Kier molecular flexibility index (Phi) is 6.48. The molecule has 0 aliphatic heterocycles. The van der Waals surface area contributed by atoms with E-state index in [2.05, 4.69) is 15.3 Å². The third-order valence-corrected chi connectivity index (χ3v) is 5.27. The number of hydrogen-bond acceptors (Lipinski definition) is 6. The number of pyridine rings is 2. The Bertz CT molecular complexity index is 1480. The van der Waals surface area contributed by atoms with E-state index in [1.807, 2.05) is 6.92 Å². The molecule has 0 saturated carbocycles. The molecule has 10 heteroatoms. The molecule has 3 heterocycles. The number of nitrogens with zero attached hydrogens (tertiary/aromatic N) is 4. The highest BCUT2D eigenvalue weighted by atomic mass is 19.1. The molecule has 1 aromatic carbocycles. The van der Waals surface area contributed by atoms with Crippen LogP contribution in [0, 0.1) is 5.82 Å². The van der Waals surface area contributed by atoms with Crippen LogP contribution in [0.2, 0.25) is 0 Å². The largest absolute Gasteiger partial charge is 0.478 e. The molecule has 3 aromatic heterocycles. The van der Waals surface area contributed by atoms with Crippen molar-refractivity contribution in [1.29, 1.82) is 0 Å². The maximum Gasteiger partial charge on any atom is 0.331 e. The normalized spacial score (nSPS) is 10.9. The number of hydrogen-bond donors (Lipinski definition) is 1. The van der Waals surface area contributed by atoms with Gasteiger partial charge in [0.1, 0.15) is 11.5 Å². The van der Waals surface area contributed by atoms with Gasteiger partial charge in [-0.25, -0.2) is 19.2 Å². The van der Waals surface area contributed by atoms with E-state index in [1.54, 1.807) is 18.3 Å². The third-order valence-electron chi connectivity index (χ3n) is 5.27. The van der Waals surface area contributed by atoms with Gasteiger partial charge < -0.3 is 10.1 Å². The van der Waals surface area contributed by atoms with E-state index in [0.717, 1.165) is 10.1 Å². The van der Waals surface area contributed by atoms with Crippen molar-refractivity contribution in [2.75, 3.05) is 6.61 Å². The Hall–Kier alpha value is -4.34. The number of aromatic nitrogens is 4. The van der Waals surface area contributed by atoms with Crippen LogP contribution in [-0.2, 0) is 20.1 Å². The van der Waals surface area contributed by atoms with E-state index in [1.165, 1.54) is 48.1 Å². The Balaban J connectivity index is 1.62. The average Bonchev–Trinajstić information content (AvgIpc) is 2.85. The van der Waals surface area contributed by atoms with Gasteiger partial charge in [-0.05, 0) is 42.3 Å². The zero-order chi connectivity index (χ0) is 24.2. The number of ether oxygens (including phenoxy) is 1. The Morgan fingerprint density at radius 2 is 1.85 bits per heavy atom. The maximum atomic E-state index is 13.2. The number of benzene rings is 1. The van der Waals surface area contributed by atoms with Gasteiger partial charge in [0, 0.05) is 25.9 Å². The fourth-order valence-electron chi connectivity index (χ4n) is 3.50. The number of aryl methyl sites for hydroxylation is 1. The molecule has 0 bridgehead atoms. The van der Waals surface area contributed by atoms with Crippen molar-refractivity contribution >= 4 is 16.8 Å². The maximum absolute atomic E-state index is 13.2.